The number of esters is 1. The van der Waals surface area contributed by atoms with Gasteiger partial charge in [-0.2, -0.15) is 0 Å². The van der Waals surface area contributed by atoms with E-state index in [0.717, 1.165) is 22.5 Å². The van der Waals surface area contributed by atoms with Crippen molar-refractivity contribution in [3.8, 4) is 0 Å². The molecule has 1 aliphatic rings. The quantitative estimate of drug-likeness (QED) is 0.631. The van der Waals surface area contributed by atoms with Gasteiger partial charge in [0.1, 0.15) is 12.3 Å². The first-order chi connectivity index (χ1) is 14.4. The van der Waals surface area contributed by atoms with E-state index in [4.69, 9.17) is 4.74 Å². The number of hydrogen-bond donors (Lipinski definition) is 1. The van der Waals surface area contributed by atoms with Crippen LogP contribution in [0.15, 0.2) is 54.6 Å². The molecule has 1 heterocycles. The first kappa shape index (κ1) is 20.0. The number of anilines is 1. The molecule has 1 atom stereocenters. The number of hydrogen-bond acceptors (Lipinski definition) is 4. The first-order valence-corrected chi connectivity index (χ1v) is 10.2. The van der Waals surface area contributed by atoms with Crippen molar-refractivity contribution in [1.29, 1.82) is 0 Å². The molecule has 0 aliphatic heterocycles. The Bertz CT molecular complexity index is 1070. The molecule has 0 bridgehead atoms. The molecule has 0 saturated heterocycles. The number of aromatic amines is 1. The Morgan fingerprint density at radius 2 is 1.77 bits per heavy atom. The number of carbonyl (C=O) groups is 2. The first-order valence-electron chi connectivity index (χ1n) is 10.2. The average Bonchev–Trinajstić information content (AvgIpc) is 3.09. The fraction of sp³-hybridized carbons (Fsp3) is 0.280. The summed E-state index contributed by atoms with van der Waals surface area (Å²) in [6.45, 7) is 2.02. The summed E-state index contributed by atoms with van der Waals surface area (Å²) >= 11 is 0. The fourth-order valence-electron chi connectivity index (χ4n) is 4.11. The fourth-order valence-corrected chi connectivity index (χ4v) is 4.11. The van der Waals surface area contributed by atoms with E-state index in [1.54, 1.807) is 0 Å². The zero-order chi connectivity index (χ0) is 21.3. The molecule has 0 unspecified atom stereocenters. The number of benzene rings is 2. The lowest BCUT2D eigenvalue weighted by Crippen LogP contribution is -2.18. The number of Topliss-reactive ketones (excluding diaryl/α,β-unsaturated/α-hetero) is 1. The van der Waals surface area contributed by atoms with Gasteiger partial charge in [-0.25, -0.2) is 4.79 Å². The van der Waals surface area contributed by atoms with Crippen LogP contribution in [-0.4, -0.2) is 30.8 Å². The summed E-state index contributed by atoms with van der Waals surface area (Å²) in [5, 5.41) is 0. The van der Waals surface area contributed by atoms with Crippen LogP contribution in [0.3, 0.4) is 0 Å². The van der Waals surface area contributed by atoms with Gasteiger partial charge in [-0.15, -0.1) is 0 Å². The van der Waals surface area contributed by atoms with Crippen molar-refractivity contribution in [1.82, 2.24) is 4.98 Å². The monoisotopic (exact) mass is 402 g/mol. The zero-order valence-electron chi connectivity index (χ0n) is 17.6. The Kier molecular flexibility index (Phi) is 5.44. The Balaban J connectivity index is 1.53. The highest BCUT2D eigenvalue weighted by Crippen LogP contribution is 2.35. The number of nitrogens with one attached hydrogen (secondary N) is 1. The van der Waals surface area contributed by atoms with E-state index in [2.05, 4.69) is 34.1 Å². The molecule has 3 aromatic rings. The lowest BCUT2D eigenvalue weighted by atomic mass is 9.81. The Morgan fingerprint density at radius 3 is 2.43 bits per heavy atom. The predicted molar refractivity (Wildman–Crippen MR) is 117 cm³/mol. The van der Waals surface area contributed by atoms with Crippen molar-refractivity contribution in [2.75, 3.05) is 19.0 Å². The summed E-state index contributed by atoms with van der Waals surface area (Å²) in [6, 6.07) is 17.9. The van der Waals surface area contributed by atoms with E-state index in [9.17, 15) is 9.59 Å². The SMILES string of the molecule is Cc1c(C(=O)OCc2ccccc2)[nH]c2c1C(=O)C[C@@H](c1ccc(N(C)C)cc1)C2. The Labute approximate surface area is 176 Å². The number of carbonyl (C=O) groups excluding carboxylic acids is 2. The molecular formula is C25H26N2O3. The van der Waals surface area contributed by atoms with Crippen LogP contribution in [0.5, 0.6) is 0 Å². The van der Waals surface area contributed by atoms with Gasteiger partial charge in [0.05, 0.1) is 0 Å². The molecule has 0 fully saturated rings. The standard InChI is InChI=1S/C25H26N2O3/c1-16-23-21(26-24(16)25(29)30-15-17-7-5-4-6-8-17)13-19(14-22(23)28)18-9-11-20(12-10-18)27(2)3/h4-12,19,26H,13-15H2,1-3H3/t19-/m0/s1. The van der Waals surface area contributed by atoms with E-state index in [1.807, 2.05) is 51.4 Å². The van der Waals surface area contributed by atoms with Crippen LogP contribution in [0.2, 0.25) is 0 Å². The van der Waals surface area contributed by atoms with E-state index >= 15 is 0 Å². The number of ether oxygens (including phenoxy) is 1. The van der Waals surface area contributed by atoms with E-state index < -0.39 is 5.97 Å². The van der Waals surface area contributed by atoms with E-state index in [1.165, 1.54) is 0 Å². The van der Waals surface area contributed by atoms with Crippen molar-refractivity contribution in [2.45, 2.75) is 32.3 Å². The molecule has 154 valence electrons. The Hall–Kier alpha value is -3.34. The summed E-state index contributed by atoms with van der Waals surface area (Å²) in [7, 11) is 4.01. The maximum Gasteiger partial charge on any atom is 0.355 e. The van der Waals surface area contributed by atoms with Gasteiger partial charge in [0.25, 0.3) is 0 Å². The zero-order valence-corrected chi connectivity index (χ0v) is 17.6. The number of fused-ring (bicyclic) bond motifs is 1. The topological polar surface area (TPSA) is 62.4 Å². The van der Waals surface area contributed by atoms with Crippen LogP contribution in [-0.2, 0) is 17.8 Å². The molecule has 1 N–H and O–H groups in total. The third-order valence-corrected chi connectivity index (χ3v) is 5.79. The van der Waals surface area contributed by atoms with Crippen LogP contribution >= 0.6 is 0 Å². The van der Waals surface area contributed by atoms with Crippen molar-refractivity contribution in [3.63, 3.8) is 0 Å². The number of rotatable bonds is 5. The molecule has 30 heavy (non-hydrogen) atoms. The van der Waals surface area contributed by atoms with Gasteiger partial charge < -0.3 is 14.6 Å². The second-order valence-corrected chi connectivity index (χ2v) is 8.05. The molecule has 0 amide bonds. The molecule has 2 aromatic carbocycles. The van der Waals surface area contributed by atoms with Crippen LogP contribution < -0.4 is 4.90 Å². The second-order valence-electron chi connectivity index (χ2n) is 8.05. The summed E-state index contributed by atoms with van der Waals surface area (Å²) in [4.78, 5) is 30.8. The Morgan fingerprint density at radius 1 is 1.07 bits per heavy atom. The molecule has 1 aliphatic carbocycles. The van der Waals surface area contributed by atoms with Gasteiger partial charge in [-0.1, -0.05) is 42.5 Å². The van der Waals surface area contributed by atoms with Gasteiger partial charge >= 0.3 is 5.97 Å². The minimum absolute atomic E-state index is 0.0776. The van der Waals surface area contributed by atoms with E-state index in [0.29, 0.717) is 29.7 Å². The van der Waals surface area contributed by atoms with Crippen molar-refractivity contribution in [3.05, 3.63) is 88.2 Å². The number of H-pyrrole nitrogens is 1. The lowest BCUT2D eigenvalue weighted by molar-refractivity contribution is 0.0465. The van der Waals surface area contributed by atoms with Gasteiger partial charge in [0.15, 0.2) is 5.78 Å². The van der Waals surface area contributed by atoms with Gasteiger partial charge in [-0.3, -0.25) is 4.79 Å². The summed E-state index contributed by atoms with van der Waals surface area (Å²) in [6.07, 6.45) is 1.15. The maximum atomic E-state index is 12.9. The molecule has 0 radical (unpaired) electrons. The minimum atomic E-state index is -0.426. The van der Waals surface area contributed by atoms with Crippen LogP contribution in [0.4, 0.5) is 5.69 Å². The predicted octanol–water partition coefficient (Wildman–Crippen LogP) is 4.66. The highest BCUT2D eigenvalue weighted by Gasteiger charge is 2.32. The maximum absolute atomic E-state index is 12.9. The normalized spacial score (nSPS) is 15.6. The largest absolute Gasteiger partial charge is 0.456 e. The molecule has 1 aromatic heterocycles. The van der Waals surface area contributed by atoms with Crippen LogP contribution in [0.1, 0.15) is 55.6 Å². The lowest BCUT2D eigenvalue weighted by Gasteiger charge is -2.23. The molecule has 0 saturated carbocycles. The number of nitrogens with zero attached hydrogens (tertiary/aromatic N) is 1. The molecule has 4 rings (SSSR count). The summed E-state index contributed by atoms with van der Waals surface area (Å²) < 4.78 is 5.47. The van der Waals surface area contributed by atoms with Gasteiger partial charge in [-0.05, 0) is 48.1 Å². The van der Waals surface area contributed by atoms with Gasteiger partial charge in [0.2, 0.25) is 0 Å². The second kappa shape index (κ2) is 8.19. The minimum Gasteiger partial charge on any atom is -0.456 e. The summed E-state index contributed by atoms with van der Waals surface area (Å²) in [5.41, 5.74) is 5.75. The third-order valence-electron chi connectivity index (χ3n) is 5.79. The number of ketones is 1. The average molecular weight is 402 g/mol. The summed E-state index contributed by atoms with van der Waals surface area (Å²) in [5.74, 6) is -0.244. The van der Waals surface area contributed by atoms with Crippen LogP contribution in [0.25, 0.3) is 0 Å². The third kappa shape index (κ3) is 3.88. The van der Waals surface area contributed by atoms with Crippen molar-refractivity contribution < 1.29 is 14.3 Å². The number of aromatic nitrogens is 1. The van der Waals surface area contributed by atoms with Gasteiger partial charge in [0, 0.05) is 37.5 Å². The van der Waals surface area contributed by atoms with Crippen molar-refractivity contribution in [2.24, 2.45) is 0 Å². The smallest absolute Gasteiger partial charge is 0.355 e. The molecule has 5 heteroatoms. The highest BCUT2D eigenvalue weighted by atomic mass is 16.5. The van der Waals surface area contributed by atoms with E-state index in [-0.39, 0.29) is 18.3 Å². The molecular weight excluding hydrogens is 376 g/mol. The molecule has 0 spiro atoms. The molecule has 5 nitrogen and oxygen atoms in total. The van der Waals surface area contributed by atoms with Crippen LogP contribution in [0, 0.1) is 6.92 Å². The highest BCUT2D eigenvalue weighted by molar-refractivity contribution is 6.03. The van der Waals surface area contributed by atoms with Crippen molar-refractivity contribution >= 4 is 17.4 Å².